The third-order valence-electron chi connectivity index (χ3n) is 1.77. The standard InChI is InChI=1S/C7H9I2N/c1-4-5(2)7(9)10(3)6(4)8/h1-3H3. The molecule has 1 aromatic heterocycles. The second kappa shape index (κ2) is 3.00. The molecule has 0 fully saturated rings. The molecule has 0 aliphatic carbocycles. The van der Waals surface area contributed by atoms with E-state index < -0.39 is 0 Å². The Hall–Kier alpha value is 0.740. The summed E-state index contributed by atoms with van der Waals surface area (Å²) in [4.78, 5) is 0. The van der Waals surface area contributed by atoms with Gasteiger partial charge in [0.2, 0.25) is 0 Å². The summed E-state index contributed by atoms with van der Waals surface area (Å²) >= 11 is 4.75. The normalized spacial score (nSPS) is 10.5. The molecule has 3 heteroatoms. The first-order chi connectivity index (χ1) is 4.55. The SMILES string of the molecule is Cc1c(C)c(I)n(C)c1I. The molecule has 0 saturated carbocycles. The summed E-state index contributed by atoms with van der Waals surface area (Å²) in [6.07, 6.45) is 0. The summed E-state index contributed by atoms with van der Waals surface area (Å²) < 4.78 is 4.91. The lowest BCUT2D eigenvalue weighted by molar-refractivity contribution is 0.865. The lowest BCUT2D eigenvalue weighted by Gasteiger charge is -1.95. The van der Waals surface area contributed by atoms with Gasteiger partial charge in [-0.1, -0.05) is 0 Å². The first kappa shape index (κ1) is 8.83. The third kappa shape index (κ3) is 1.22. The van der Waals surface area contributed by atoms with Gasteiger partial charge in [-0.2, -0.15) is 0 Å². The van der Waals surface area contributed by atoms with Crippen molar-refractivity contribution in [2.24, 2.45) is 7.05 Å². The minimum absolute atomic E-state index is 1.35. The van der Waals surface area contributed by atoms with Gasteiger partial charge in [0.25, 0.3) is 0 Å². The highest BCUT2D eigenvalue weighted by Crippen LogP contribution is 2.22. The molecule has 0 amide bonds. The van der Waals surface area contributed by atoms with Gasteiger partial charge in [0, 0.05) is 7.05 Å². The number of hydrogen-bond donors (Lipinski definition) is 0. The van der Waals surface area contributed by atoms with E-state index in [0.717, 1.165) is 0 Å². The van der Waals surface area contributed by atoms with Crippen LogP contribution >= 0.6 is 45.2 Å². The highest BCUT2D eigenvalue weighted by molar-refractivity contribution is 14.1. The van der Waals surface area contributed by atoms with Crippen LogP contribution < -0.4 is 0 Å². The van der Waals surface area contributed by atoms with Crippen molar-refractivity contribution in [3.8, 4) is 0 Å². The zero-order chi connectivity index (χ0) is 7.89. The first-order valence-electron chi connectivity index (χ1n) is 3.02. The van der Waals surface area contributed by atoms with Crippen LogP contribution in [0.4, 0.5) is 0 Å². The van der Waals surface area contributed by atoms with E-state index in [4.69, 9.17) is 0 Å². The highest BCUT2D eigenvalue weighted by atomic mass is 127. The van der Waals surface area contributed by atoms with Crippen LogP contribution in [-0.4, -0.2) is 4.57 Å². The van der Waals surface area contributed by atoms with E-state index in [1.807, 2.05) is 0 Å². The Morgan fingerprint density at radius 1 is 1.00 bits per heavy atom. The number of hydrogen-bond acceptors (Lipinski definition) is 0. The smallest absolute Gasteiger partial charge is 0.0836 e. The van der Waals surface area contributed by atoms with Gasteiger partial charge in [0.15, 0.2) is 0 Å². The Labute approximate surface area is 88.5 Å². The number of rotatable bonds is 0. The van der Waals surface area contributed by atoms with Crippen molar-refractivity contribution in [2.45, 2.75) is 13.8 Å². The maximum Gasteiger partial charge on any atom is 0.0836 e. The number of aromatic nitrogens is 1. The van der Waals surface area contributed by atoms with Gasteiger partial charge in [-0.15, -0.1) is 0 Å². The van der Waals surface area contributed by atoms with Gasteiger partial charge in [-0.05, 0) is 70.2 Å². The van der Waals surface area contributed by atoms with E-state index in [2.05, 4.69) is 70.6 Å². The first-order valence-corrected chi connectivity index (χ1v) is 5.18. The van der Waals surface area contributed by atoms with Crippen molar-refractivity contribution < 1.29 is 0 Å². The molecule has 0 bridgehead atoms. The highest BCUT2D eigenvalue weighted by Gasteiger charge is 2.08. The van der Waals surface area contributed by atoms with E-state index in [9.17, 15) is 0 Å². The molecular weight excluding hydrogens is 352 g/mol. The average molecular weight is 361 g/mol. The quantitative estimate of drug-likeness (QED) is 0.627. The number of halogens is 2. The van der Waals surface area contributed by atoms with Gasteiger partial charge >= 0.3 is 0 Å². The maximum absolute atomic E-state index is 2.37. The molecule has 0 atom stereocenters. The van der Waals surface area contributed by atoms with Gasteiger partial charge in [-0.25, -0.2) is 0 Å². The van der Waals surface area contributed by atoms with Crippen molar-refractivity contribution >= 4 is 45.2 Å². The molecule has 56 valence electrons. The second-order valence-electron chi connectivity index (χ2n) is 2.39. The number of nitrogens with zero attached hydrogens (tertiary/aromatic N) is 1. The molecule has 0 saturated heterocycles. The average Bonchev–Trinajstić information content (AvgIpc) is 2.07. The monoisotopic (exact) mass is 361 g/mol. The van der Waals surface area contributed by atoms with Crippen molar-refractivity contribution in [1.29, 1.82) is 0 Å². The molecule has 0 unspecified atom stereocenters. The van der Waals surface area contributed by atoms with Gasteiger partial charge < -0.3 is 4.57 Å². The molecular formula is C7H9I2N. The van der Waals surface area contributed by atoms with Crippen molar-refractivity contribution in [1.82, 2.24) is 4.57 Å². The summed E-state index contributed by atoms with van der Waals surface area (Å²) in [5.74, 6) is 0. The van der Waals surface area contributed by atoms with E-state index in [1.54, 1.807) is 0 Å². The molecule has 0 N–H and O–H groups in total. The van der Waals surface area contributed by atoms with Crippen LogP contribution in [0.15, 0.2) is 0 Å². The summed E-state index contributed by atoms with van der Waals surface area (Å²) in [6.45, 7) is 4.33. The van der Waals surface area contributed by atoms with Crippen LogP contribution in [0.3, 0.4) is 0 Å². The predicted octanol–water partition coefficient (Wildman–Crippen LogP) is 2.85. The zero-order valence-corrected chi connectivity index (χ0v) is 10.5. The Bertz CT molecular complexity index is 183. The van der Waals surface area contributed by atoms with Crippen molar-refractivity contribution in [3.63, 3.8) is 0 Å². The maximum atomic E-state index is 2.37. The Morgan fingerprint density at radius 3 is 1.40 bits per heavy atom. The fourth-order valence-electron chi connectivity index (χ4n) is 0.899. The second-order valence-corrected chi connectivity index (χ2v) is 4.43. The van der Waals surface area contributed by atoms with Crippen LogP contribution in [0.2, 0.25) is 0 Å². The summed E-state index contributed by atoms with van der Waals surface area (Å²) in [5, 5.41) is 0. The zero-order valence-electron chi connectivity index (χ0n) is 6.20. The van der Waals surface area contributed by atoms with Crippen LogP contribution in [0.5, 0.6) is 0 Å². The van der Waals surface area contributed by atoms with Crippen molar-refractivity contribution in [2.75, 3.05) is 0 Å². The Balaban J connectivity index is 3.44. The van der Waals surface area contributed by atoms with Gasteiger partial charge in [-0.3, -0.25) is 0 Å². The lowest BCUT2D eigenvalue weighted by atomic mass is 10.2. The predicted molar refractivity (Wildman–Crippen MR) is 60.3 cm³/mol. The van der Waals surface area contributed by atoms with Crippen molar-refractivity contribution in [3.05, 3.63) is 18.5 Å². The van der Waals surface area contributed by atoms with E-state index in [1.165, 1.54) is 18.5 Å². The molecule has 1 nitrogen and oxygen atoms in total. The molecule has 1 aromatic rings. The summed E-state index contributed by atoms with van der Waals surface area (Å²) in [5.41, 5.74) is 2.82. The van der Waals surface area contributed by atoms with E-state index >= 15 is 0 Å². The third-order valence-corrected chi connectivity index (χ3v) is 4.84. The van der Waals surface area contributed by atoms with E-state index in [-0.39, 0.29) is 0 Å². The Morgan fingerprint density at radius 2 is 1.30 bits per heavy atom. The van der Waals surface area contributed by atoms with E-state index in [0.29, 0.717) is 0 Å². The minimum atomic E-state index is 1.35. The van der Waals surface area contributed by atoms with Crippen LogP contribution in [0.1, 0.15) is 11.1 Å². The molecule has 1 heterocycles. The molecule has 0 radical (unpaired) electrons. The van der Waals surface area contributed by atoms with Gasteiger partial charge in [0.1, 0.15) is 0 Å². The molecule has 10 heavy (non-hydrogen) atoms. The minimum Gasteiger partial charge on any atom is -0.334 e. The lowest BCUT2D eigenvalue weighted by Crippen LogP contribution is -1.92. The molecule has 0 aliphatic heterocycles. The molecule has 0 aromatic carbocycles. The van der Waals surface area contributed by atoms with Crippen LogP contribution in [0.25, 0.3) is 0 Å². The topological polar surface area (TPSA) is 4.93 Å². The van der Waals surface area contributed by atoms with Gasteiger partial charge in [0.05, 0.1) is 7.40 Å². The van der Waals surface area contributed by atoms with Crippen LogP contribution in [0, 0.1) is 21.2 Å². The summed E-state index contributed by atoms with van der Waals surface area (Å²) in [6, 6.07) is 0. The molecule has 1 rings (SSSR count). The molecule has 0 aliphatic rings. The largest absolute Gasteiger partial charge is 0.334 e. The fraction of sp³-hybridized carbons (Fsp3) is 0.429. The summed E-state index contributed by atoms with van der Waals surface area (Å²) in [7, 11) is 2.10. The van der Waals surface area contributed by atoms with Crippen LogP contribution in [-0.2, 0) is 7.05 Å². The molecule has 0 spiro atoms. The fourth-order valence-corrected chi connectivity index (χ4v) is 2.65. The Kier molecular flexibility index (Phi) is 2.65.